The summed E-state index contributed by atoms with van der Waals surface area (Å²) in [5.41, 5.74) is 6.10. The number of rotatable bonds is 3. The summed E-state index contributed by atoms with van der Waals surface area (Å²) in [7, 11) is -1.23. The molecule has 1 aliphatic carbocycles. The van der Waals surface area contributed by atoms with Crippen molar-refractivity contribution in [1.82, 2.24) is 0 Å². The van der Waals surface area contributed by atoms with Crippen molar-refractivity contribution >= 4 is 8.07 Å². The Morgan fingerprint density at radius 3 is 1.79 bits per heavy atom. The van der Waals surface area contributed by atoms with Gasteiger partial charge in [-0.2, -0.15) is 0 Å². The molecule has 0 saturated carbocycles. The van der Waals surface area contributed by atoms with Crippen LogP contribution in [0.15, 0.2) is 38.9 Å². The van der Waals surface area contributed by atoms with E-state index < -0.39 is 8.07 Å². The zero-order valence-corrected chi connectivity index (χ0v) is 20.5. The van der Waals surface area contributed by atoms with Crippen LogP contribution in [0.25, 0.3) is 0 Å². The zero-order valence-electron chi connectivity index (χ0n) is 15.7. The smallest absolute Gasteiger partial charge is 1.00 e. The molecule has 0 amide bonds. The molecular formula is C19H27Cl3SiTi. The maximum absolute atomic E-state index is 2.51. The van der Waals surface area contributed by atoms with Crippen molar-refractivity contribution in [2.45, 2.75) is 59.2 Å². The van der Waals surface area contributed by atoms with E-state index in [2.05, 4.69) is 92.0 Å². The van der Waals surface area contributed by atoms with Crippen LogP contribution in [0.5, 0.6) is 0 Å². The normalized spacial score (nSPS) is 14.5. The summed E-state index contributed by atoms with van der Waals surface area (Å²) >= 11 is 2.35. The number of allylic oxidation sites excluding steroid dienone is 4. The Morgan fingerprint density at radius 2 is 1.42 bits per heavy atom. The van der Waals surface area contributed by atoms with E-state index in [9.17, 15) is 0 Å². The third kappa shape index (κ3) is 5.02. The molecule has 0 spiro atoms. The molecule has 0 N–H and O–H groups in total. The van der Waals surface area contributed by atoms with Gasteiger partial charge < -0.3 is 37.2 Å². The molecule has 1 aliphatic rings. The van der Waals surface area contributed by atoms with E-state index in [0.717, 1.165) is 6.42 Å². The topological polar surface area (TPSA) is 0 Å². The van der Waals surface area contributed by atoms with Gasteiger partial charge in [-0.1, -0.05) is 0 Å². The van der Waals surface area contributed by atoms with Crippen LogP contribution in [0, 0.1) is 13.8 Å². The molecule has 0 saturated heterocycles. The molecule has 0 fully saturated rings. The number of hydrogen-bond acceptors (Lipinski definition) is 0. The van der Waals surface area contributed by atoms with Gasteiger partial charge in [0.15, 0.2) is 0 Å². The van der Waals surface area contributed by atoms with Crippen LogP contribution in [0.2, 0.25) is 19.6 Å². The fourth-order valence-corrected chi connectivity index (χ4v) is 7.95. The monoisotopic (exact) mass is 436 g/mol. The minimum atomic E-state index is -1.23. The molecule has 1 aromatic rings. The standard InChI is InChI=1S/C19H27Si.3ClH.Ti/c1-14-9-8-10-15(2)18(14)19(3,4)16-11-12-17(13-16)20(5,6)7;;;;/h8-10,12H,11H2,1-7H3;3*1H;/q;;;;+3/p-3. The summed E-state index contributed by atoms with van der Waals surface area (Å²) in [5, 5.41) is 1.66. The zero-order chi connectivity index (χ0) is 16.0. The van der Waals surface area contributed by atoms with Crippen molar-refractivity contribution in [3.63, 3.8) is 0 Å². The van der Waals surface area contributed by atoms with E-state index in [1.807, 2.05) is 0 Å². The van der Waals surface area contributed by atoms with Gasteiger partial charge in [0, 0.05) is 0 Å². The molecule has 132 valence electrons. The van der Waals surface area contributed by atoms with Crippen molar-refractivity contribution in [1.29, 1.82) is 0 Å². The number of benzene rings is 1. The Hall–Kier alpha value is 0.501. The second kappa shape index (κ2) is 9.44. The maximum atomic E-state index is 2.51. The van der Waals surface area contributed by atoms with E-state index in [0.29, 0.717) is 0 Å². The predicted octanol–water partition coefficient (Wildman–Crippen LogP) is -3.40. The van der Waals surface area contributed by atoms with Crippen LogP contribution >= 0.6 is 0 Å². The predicted molar refractivity (Wildman–Crippen MR) is 92.0 cm³/mol. The number of aryl methyl sites for hydroxylation is 2. The van der Waals surface area contributed by atoms with Crippen LogP contribution in [0.1, 0.15) is 37.0 Å². The van der Waals surface area contributed by atoms with Gasteiger partial charge >= 0.3 is 143 Å². The van der Waals surface area contributed by atoms with Gasteiger partial charge in [0.1, 0.15) is 0 Å². The average Bonchev–Trinajstić information content (AvgIpc) is 2.70. The molecule has 24 heavy (non-hydrogen) atoms. The number of halogens is 3. The summed E-state index contributed by atoms with van der Waals surface area (Å²) < 4.78 is 1.57. The van der Waals surface area contributed by atoms with E-state index in [1.54, 1.807) is 14.6 Å². The van der Waals surface area contributed by atoms with E-state index in [1.165, 1.54) is 16.7 Å². The van der Waals surface area contributed by atoms with Gasteiger partial charge in [0.05, 0.1) is 0 Å². The SMILES string of the molecule is Cc1cccc(C)c1C(C)(C)C1=[C]([Ti+3])C([Si](C)(C)C)=CC1.[Cl-].[Cl-].[Cl-]. The van der Waals surface area contributed by atoms with Crippen LogP contribution in [-0.2, 0) is 25.9 Å². The van der Waals surface area contributed by atoms with Crippen molar-refractivity contribution in [2.75, 3.05) is 0 Å². The summed E-state index contributed by atoms with van der Waals surface area (Å²) in [5.74, 6) is 0. The molecule has 0 radical (unpaired) electrons. The largest absolute Gasteiger partial charge is 1.00 e. The van der Waals surface area contributed by atoms with Crippen molar-refractivity contribution in [2.24, 2.45) is 0 Å². The summed E-state index contributed by atoms with van der Waals surface area (Å²) in [6, 6.07) is 6.68. The summed E-state index contributed by atoms with van der Waals surface area (Å²) in [4.78, 5) is 0. The second-order valence-electron chi connectivity index (χ2n) is 7.82. The van der Waals surface area contributed by atoms with Crippen LogP contribution in [0.3, 0.4) is 0 Å². The Kier molecular flexibility index (Phi) is 10.5. The van der Waals surface area contributed by atoms with Gasteiger partial charge in [0.25, 0.3) is 0 Å². The van der Waals surface area contributed by atoms with Gasteiger partial charge in [-0.05, 0) is 0 Å². The third-order valence-corrected chi connectivity index (χ3v) is 8.10. The van der Waals surface area contributed by atoms with Crippen molar-refractivity contribution < 1.29 is 57.7 Å². The van der Waals surface area contributed by atoms with E-state index >= 15 is 0 Å². The molecule has 0 aliphatic heterocycles. The van der Waals surface area contributed by atoms with Gasteiger partial charge in [-0.3, -0.25) is 0 Å². The quantitative estimate of drug-likeness (QED) is 0.433. The molecule has 0 unspecified atom stereocenters. The van der Waals surface area contributed by atoms with Crippen molar-refractivity contribution in [3.8, 4) is 0 Å². The minimum Gasteiger partial charge on any atom is -1.00 e. The molecule has 0 aromatic heterocycles. The molecule has 0 bridgehead atoms. The molecule has 5 heteroatoms. The Bertz CT molecular complexity index is 620. The molecule has 0 atom stereocenters. The van der Waals surface area contributed by atoms with Gasteiger partial charge in [-0.15, -0.1) is 0 Å². The Labute approximate surface area is 179 Å². The third-order valence-electron chi connectivity index (χ3n) is 4.75. The van der Waals surface area contributed by atoms with Crippen LogP contribution < -0.4 is 37.2 Å². The fraction of sp³-hybridized carbons (Fsp3) is 0.474. The first-order valence-electron chi connectivity index (χ1n) is 7.79. The first-order chi connectivity index (χ1) is 9.56. The first kappa shape index (κ1) is 26.7. The molecule has 2 rings (SSSR count). The fourth-order valence-electron chi connectivity index (χ4n) is 3.77. The first-order valence-corrected chi connectivity index (χ1v) is 12.1. The molecule has 0 heterocycles. The minimum absolute atomic E-state index is 0. The van der Waals surface area contributed by atoms with Gasteiger partial charge in [-0.25, -0.2) is 0 Å². The van der Waals surface area contributed by atoms with Crippen molar-refractivity contribution in [3.05, 3.63) is 55.6 Å². The van der Waals surface area contributed by atoms with Crippen LogP contribution in [0.4, 0.5) is 0 Å². The molecular weight excluding hydrogens is 411 g/mol. The maximum Gasteiger partial charge on any atom is -1.00 e. The number of hydrogen-bond donors (Lipinski definition) is 0. The Balaban J connectivity index is 0. The summed E-state index contributed by atoms with van der Waals surface area (Å²) in [6.07, 6.45) is 3.64. The molecule has 1 aromatic carbocycles. The van der Waals surface area contributed by atoms with Crippen LogP contribution in [-0.4, -0.2) is 8.07 Å². The summed E-state index contributed by atoms with van der Waals surface area (Å²) in [6.45, 7) is 16.7. The molecule has 0 nitrogen and oxygen atoms in total. The van der Waals surface area contributed by atoms with Gasteiger partial charge in [0.2, 0.25) is 0 Å². The second-order valence-corrected chi connectivity index (χ2v) is 13.6. The van der Waals surface area contributed by atoms with E-state index in [-0.39, 0.29) is 42.6 Å². The average molecular weight is 438 g/mol. The van der Waals surface area contributed by atoms with E-state index in [4.69, 9.17) is 0 Å². The Morgan fingerprint density at radius 1 is 0.958 bits per heavy atom.